The Morgan fingerprint density at radius 1 is 1.22 bits per heavy atom. The summed E-state index contributed by atoms with van der Waals surface area (Å²) in [6.07, 6.45) is 5.32. The molecule has 1 aromatic rings. The van der Waals surface area contributed by atoms with Crippen molar-refractivity contribution in [1.29, 1.82) is 0 Å². The first-order valence-electron chi connectivity index (χ1n) is 8.31. The Balaban J connectivity index is 1.56. The summed E-state index contributed by atoms with van der Waals surface area (Å²) in [5, 5.41) is 3.41. The van der Waals surface area contributed by atoms with E-state index in [9.17, 15) is 4.79 Å². The van der Waals surface area contributed by atoms with Gasteiger partial charge in [-0.05, 0) is 25.0 Å². The zero-order valence-electron chi connectivity index (χ0n) is 13.6. The molecule has 1 aliphatic heterocycles. The fraction of sp³-hybridized carbons (Fsp3) is 0.588. The summed E-state index contributed by atoms with van der Waals surface area (Å²) in [5.41, 5.74) is 0.614. The van der Waals surface area contributed by atoms with Crippen LogP contribution in [-0.2, 0) is 0 Å². The number of piperazine rings is 1. The van der Waals surface area contributed by atoms with E-state index in [1.54, 1.807) is 25.3 Å². The van der Waals surface area contributed by atoms with Gasteiger partial charge in [0.15, 0.2) is 5.75 Å². The molecule has 1 saturated heterocycles. The normalized spacial score (nSPS) is 19.8. The van der Waals surface area contributed by atoms with Crippen molar-refractivity contribution in [2.24, 2.45) is 0 Å². The summed E-state index contributed by atoms with van der Waals surface area (Å²) in [4.78, 5) is 16.9. The first kappa shape index (κ1) is 16.4. The van der Waals surface area contributed by atoms with E-state index in [-0.39, 0.29) is 6.03 Å². The monoisotopic (exact) mass is 337 g/mol. The van der Waals surface area contributed by atoms with Gasteiger partial charge in [-0.2, -0.15) is 0 Å². The number of nitrogens with zero attached hydrogens (tertiary/aromatic N) is 2. The Labute approximate surface area is 142 Å². The van der Waals surface area contributed by atoms with Crippen LogP contribution in [0.5, 0.6) is 5.75 Å². The van der Waals surface area contributed by atoms with Crippen LogP contribution in [0.1, 0.15) is 25.7 Å². The molecule has 23 heavy (non-hydrogen) atoms. The molecule has 1 heterocycles. The first-order valence-corrected chi connectivity index (χ1v) is 8.69. The average Bonchev–Trinajstić information content (AvgIpc) is 3.10. The predicted molar refractivity (Wildman–Crippen MR) is 92.4 cm³/mol. The second kappa shape index (κ2) is 7.41. The second-order valence-corrected chi connectivity index (χ2v) is 6.62. The first-order chi connectivity index (χ1) is 11.2. The third-order valence-electron chi connectivity index (χ3n) is 4.86. The van der Waals surface area contributed by atoms with Gasteiger partial charge in [-0.3, -0.25) is 4.90 Å². The molecule has 0 aromatic heterocycles. The maximum absolute atomic E-state index is 12.5. The lowest BCUT2D eigenvalue weighted by Gasteiger charge is -2.38. The number of amides is 2. The smallest absolute Gasteiger partial charge is 0.322 e. The van der Waals surface area contributed by atoms with Crippen LogP contribution in [0.4, 0.5) is 10.5 Å². The van der Waals surface area contributed by atoms with E-state index in [1.807, 2.05) is 4.90 Å². The van der Waals surface area contributed by atoms with Gasteiger partial charge < -0.3 is 15.0 Å². The predicted octanol–water partition coefficient (Wildman–Crippen LogP) is 3.44. The standard InChI is InChI=1S/C17H24ClN3O2/c1-23-16-14(18)7-4-8-15(16)19-17(22)21-11-9-20(10-12-21)13-5-2-3-6-13/h4,7-8,13H,2-3,5-6,9-12H2,1H3,(H,19,22). The number of benzene rings is 1. The molecular formula is C17H24ClN3O2. The molecule has 3 rings (SSSR count). The van der Waals surface area contributed by atoms with Gasteiger partial charge in [0.2, 0.25) is 0 Å². The van der Waals surface area contributed by atoms with Gasteiger partial charge in [0.1, 0.15) is 0 Å². The fourth-order valence-electron chi connectivity index (χ4n) is 3.57. The molecule has 6 heteroatoms. The molecule has 1 aromatic carbocycles. The van der Waals surface area contributed by atoms with Gasteiger partial charge in [0, 0.05) is 32.2 Å². The fourth-order valence-corrected chi connectivity index (χ4v) is 3.82. The quantitative estimate of drug-likeness (QED) is 0.919. The van der Waals surface area contributed by atoms with Gasteiger partial charge in [-0.25, -0.2) is 4.79 Å². The van der Waals surface area contributed by atoms with Gasteiger partial charge in [0.05, 0.1) is 17.8 Å². The third kappa shape index (κ3) is 3.72. The van der Waals surface area contributed by atoms with E-state index in [1.165, 1.54) is 25.7 Å². The van der Waals surface area contributed by atoms with Crippen LogP contribution in [0.25, 0.3) is 0 Å². The lowest BCUT2D eigenvalue weighted by Crippen LogP contribution is -2.52. The number of anilines is 1. The molecule has 0 atom stereocenters. The lowest BCUT2D eigenvalue weighted by molar-refractivity contribution is 0.115. The summed E-state index contributed by atoms with van der Waals surface area (Å²) >= 11 is 6.09. The number of para-hydroxylation sites is 1. The minimum atomic E-state index is -0.0864. The molecule has 2 fully saturated rings. The van der Waals surface area contributed by atoms with E-state index in [0.29, 0.717) is 16.5 Å². The van der Waals surface area contributed by atoms with Crippen molar-refractivity contribution in [1.82, 2.24) is 9.80 Å². The van der Waals surface area contributed by atoms with E-state index in [4.69, 9.17) is 16.3 Å². The highest BCUT2D eigenvalue weighted by atomic mass is 35.5. The molecule has 2 amide bonds. The van der Waals surface area contributed by atoms with Crippen LogP contribution < -0.4 is 10.1 Å². The molecule has 1 saturated carbocycles. The minimum Gasteiger partial charge on any atom is -0.493 e. The molecule has 1 aliphatic carbocycles. The van der Waals surface area contributed by atoms with Crippen LogP contribution in [0.15, 0.2) is 18.2 Å². The molecule has 1 N–H and O–H groups in total. The minimum absolute atomic E-state index is 0.0864. The summed E-state index contributed by atoms with van der Waals surface area (Å²) < 4.78 is 5.28. The number of halogens is 1. The van der Waals surface area contributed by atoms with Crippen molar-refractivity contribution in [3.05, 3.63) is 23.2 Å². The number of urea groups is 1. The van der Waals surface area contributed by atoms with Crippen molar-refractivity contribution in [2.75, 3.05) is 38.6 Å². The largest absolute Gasteiger partial charge is 0.493 e. The third-order valence-corrected chi connectivity index (χ3v) is 5.15. The number of hydrogen-bond acceptors (Lipinski definition) is 3. The number of methoxy groups -OCH3 is 1. The summed E-state index contributed by atoms with van der Waals surface area (Å²) in [5.74, 6) is 0.507. The van der Waals surface area contributed by atoms with Gasteiger partial charge in [0.25, 0.3) is 0 Å². The molecule has 0 spiro atoms. The summed E-state index contributed by atoms with van der Waals surface area (Å²) in [7, 11) is 1.55. The highest BCUT2D eigenvalue weighted by Gasteiger charge is 2.28. The molecular weight excluding hydrogens is 314 g/mol. The van der Waals surface area contributed by atoms with E-state index in [0.717, 1.165) is 32.2 Å². The number of carbonyl (C=O) groups excluding carboxylic acids is 1. The van der Waals surface area contributed by atoms with Crippen LogP contribution >= 0.6 is 11.6 Å². The van der Waals surface area contributed by atoms with Gasteiger partial charge >= 0.3 is 6.03 Å². The Kier molecular flexibility index (Phi) is 5.28. The number of carbonyl (C=O) groups is 1. The Morgan fingerprint density at radius 3 is 2.57 bits per heavy atom. The zero-order valence-corrected chi connectivity index (χ0v) is 14.3. The van der Waals surface area contributed by atoms with Gasteiger partial charge in [-0.1, -0.05) is 30.5 Å². The molecule has 0 radical (unpaired) electrons. The maximum Gasteiger partial charge on any atom is 0.322 e. The second-order valence-electron chi connectivity index (χ2n) is 6.21. The lowest BCUT2D eigenvalue weighted by atomic mass is 10.2. The maximum atomic E-state index is 12.5. The molecule has 2 aliphatic rings. The van der Waals surface area contributed by atoms with E-state index < -0.39 is 0 Å². The molecule has 0 unspecified atom stereocenters. The number of hydrogen-bond donors (Lipinski definition) is 1. The summed E-state index contributed by atoms with van der Waals surface area (Å²) in [6, 6.07) is 6.00. The van der Waals surface area contributed by atoms with Crippen molar-refractivity contribution >= 4 is 23.3 Å². The highest BCUT2D eigenvalue weighted by Crippen LogP contribution is 2.32. The topological polar surface area (TPSA) is 44.8 Å². The van der Waals surface area contributed by atoms with Crippen molar-refractivity contribution in [3.8, 4) is 5.75 Å². The van der Waals surface area contributed by atoms with Crippen LogP contribution in [-0.4, -0.2) is 55.2 Å². The van der Waals surface area contributed by atoms with Crippen molar-refractivity contribution < 1.29 is 9.53 Å². The SMILES string of the molecule is COc1c(Cl)cccc1NC(=O)N1CCN(C2CCCC2)CC1. The number of nitrogens with one attached hydrogen (secondary N) is 1. The molecule has 5 nitrogen and oxygen atoms in total. The Morgan fingerprint density at radius 2 is 1.91 bits per heavy atom. The van der Waals surface area contributed by atoms with E-state index in [2.05, 4.69) is 10.2 Å². The molecule has 126 valence electrons. The zero-order chi connectivity index (χ0) is 16.2. The average molecular weight is 338 g/mol. The Bertz CT molecular complexity index is 553. The van der Waals surface area contributed by atoms with E-state index >= 15 is 0 Å². The van der Waals surface area contributed by atoms with Crippen LogP contribution in [0, 0.1) is 0 Å². The van der Waals surface area contributed by atoms with Crippen LogP contribution in [0.2, 0.25) is 5.02 Å². The van der Waals surface area contributed by atoms with Crippen LogP contribution in [0.3, 0.4) is 0 Å². The van der Waals surface area contributed by atoms with Crippen molar-refractivity contribution in [2.45, 2.75) is 31.7 Å². The number of rotatable bonds is 3. The Hall–Kier alpha value is -1.46. The highest BCUT2D eigenvalue weighted by molar-refractivity contribution is 6.32. The number of ether oxygens (including phenoxy) is 1. The summed E-state index contributed by atoms with van der Waals surface area (Å²) in [6.45, 7) is 3.46. The van der Waals surface area contributed by atoms with Crippen molar-refractivity contribution in [3.63, 3.8) is 0 Å². The molecule has 0 bridgehead atoms. The van der Waals surface area contributed by atoms with Gasteiger partial charge in [-0.15, -0.1) is 0 Å².